The number of hydrogen-bond donors (Lipinski definition) is 0. The van der Waals surface area contributed by atoms with E-state index in [4.69, 9.17) is 0 Å². The van der Waals surface area contributed by atoms with Gasteiger partial charge >= 0.3 is 0 Å². The average molecular weight is 310 g/mol. The van der Waals surface area contributed by atoms with Crippen molar-refractivity contribution in [3.63, 3.8) is 0 Å². The van der Waals surface area contributed by atoms with Crippen LogP contribution in [0.4, 0.5) is 0 Å². The number of thioether (sulfide) groups is 1. The maximum Gasteiger partial charge on any atom is 0.196 e. The lowest BCUT2D eigenvalue weighted by atomic mass is 10.2. The third kappa shape index (κ3) is 2.90. The topological polar surface area (TPSA) is 43.6 Å². The fourth-order valence-corrected chi connectivity index (χ4v) is 3.08. The molecule has 0 spiro atoms. The predicted octanol–water partition coefficient (Wildman–Crippen LogP) is 4.14. The van der Waals surface area contributed by atoms with E-state index in [0.29, 0.717) is 5.25 Å². The monoisotopic (exact) mass is 310 g/mol. The predicted molar refractivity (Wildman–Crippen MR) is 90.3 cm³/mol. The maximum absolute atomic E-state index is 4.42. The zero-order valence-corrected chi connectivity index (χ0v) is 13.7. The van der Waals surface area contributed by atoms with Crippen molar-refractivity contribution in [1.82, 2.24) is 19.7 Å². The smallest absolute Gasteiger partial charge is 0.196 e. The zero-order chi connectivity index (χ0) is 15.5. The van der Waals surface area contributed by atoms with E-state index in [9.17, 15) is 0 Å². The molecule has 0 bridgehead atoms. The van der Waals surface area contributed by atoms with Crippen molar-refractivity contribution in [1.29, 1.82) is 0 Å². The molecular weight excluding hydrogens is 292 g/mol. The minimum Gasteiger partial charge on any atom is -0.270 e. The van der Waals surface area contributed by atoms with Crippen LogP contribution >= 0.6 is 11.8 Å². The summed E-state index contributed by atoms with van der Waals surface area (Å²) in [5, 5.41) is 10.2. The molecule has 0 aliphatic carbocycles. The van der Waals surface area contributed by atoms with E-state index < -0.39 is 0 Å². The Bertz CT molecular complexity index is 765. The molecule has 0 aliphatic heterocycles. The number of benzene rings is 1. The fourth-order valence-electron chi connectivity index (χ4n) is 2.28. The molecule has 22 heavy (non-hydrogen) atoms. The first-order chi connectivity index (χ1) is 10.7. The van der Waals surface area contributed by atoms with Gasteiger partial charge in [0, 0.05) is 23.2 Å². The molecule has 0 saturated carbocycles. The first-order valence-corrected chi connectivity index (χ1v) is 8.13. The van der Waals surface area contributed by atoms with E-state index in [1.54, 1.807) is 24.2 Å². The molecule has 0 fully saturated rings. The van der Waals surface area contributed by atoms with Crippen molar-refractivity contribution in [2.75, 3.05) is 0 Å². The van der Waals surface area contributed by atoms with E-state index in [-0.39, 0.29) is 0 Å². The molecule has 0 aliphatic rings. The van der Waals surface area contributed by atoms with Crippen LogP contribution in [0.1, 0.15) is 19.4 Å². The van der Waals surface area contributed by atoms with Gasteiger partial charge < -0.3 is 0 Å². The van der Waals surface area contributed by atoms with Gasteiger partial charge in [-0.1, -0.05) is 43.8 Å². The first-order valence-electron chi connectivity index (χ1n) is 7.25. The molecule has 0 N–H and O–H groups in total. The number of pyridine rings is 1. The third-order valence-corrected chi connectivity index (χ3v) is 4.22. The molecule has 3 rings (SSSR count). The Labute approximate surface area is 134 Å². The molecule has 1 aromatic carbocycles. The van der Waals surface area contributed by atoms with E-state index in [2.05, 4.69) is 52.7 Å². The number of aryl methyl sites for hydroxylation is 1. The van der Waals surface area contributed by atoms with Gasteiger partial charge in [-0.15, -0.1) is 10.2 Å². The third-order valence-electron chi connectivity index (χ3n) is 3.27. The number of para-hydroxylation sites is 1. The molecule has 112 valence electrons. The van der Waals surface area contributed by atoms with Crippen LogP contribution in [0, 0.1) is 6.92 Å². The van der Waals surface area contributed by atoms with Gasteiger partial charge in [0.2, 0.25) is 0 Å². The first kappa shape index (κ1) is 14.8. The van der Waals surface area contributed by atoms with Crippen molar-refractivity contribution in [2.24, 2.45) is 0 Å². The Morgan fingerprint density at radius 3 is 2.41 bits per heavy atom. The van der Waals surface area contributed by atoms with Gasteiger partial charge in [0.25, 0.3) is 0 Å². The van der Waals surface area contributed by atoms with Gasteiger partial charge in [0.15, 0.2) is 11.0 Å². The molecular formula is C17H18N4S. The highest BCUT2D eigenvalue weighted by molar-refractivity contribution is 7.99. The van der Waals surface area contributed by atoms with Crippen LogP contribution in [0.25, 0.3) is 17.1 Å². The van der Waals surface area contributed by atoms with Gasteiger partial charge in [-0.05, 0) is 30.7 Å². The average Bonchev–Trinajstić information content (AvgIpc) is 2.91. The second-order valence-electron chi connectivity index (χ2n) is 5.33. The number of nitrogens with zero attached hydrogens (tertiary/aromatic N) is 4. The van der Waals surface area contributed by atoms with E-state index in [1.807, 2.05) is 24.3 Å². The standard InChI is InChI=1S/C17H18N4S/c1-12(2)22-17-20-19-16(14-8-10-18-11-9-14)21(17)15-7-5-4-6-13(15)3/h4-12H,1-3H3. The molecule has 0 radical (unpaired) electrons. The zero-order valence-electron chi connectivity index (χ0n) is 12.9. The van der Waals surface area contributed by atoms with Crippen molar-refractivity contribution in [3.8, 4) is 17.1 Å². The molecule has 0 amide bonds. The molecule has 2 aromatic heterocycles. The highest BCUT2D eigenvalue weighted by Crippen LogP contribution is 2.30. The molecule has 2 heterocycles. The minimum absolute atomic E-state index is 0.442. The molecule has 0 saturated heterocycles. The van der Waals surface area contributed by atoms with Gasteiger partial charge in [0.05, 0.1) is 5.69 Å². The summed E-state index contributed by atoms with van der Waals surface area (Å²) in [6, 6.07) is 12.2. The molecule has 0 atom stereocenters. The molecule has 0 unspecified atom stereocenters. The van der Waals surface area contributed by atoms with Crippen LogP contribution < -0.4 is 0 Å². The van der Waals surface area contributed by atoms with Gasteiger partial charge in [-0.25, -0.2) is 0 Å². The minimum atomic E-state index is 0.442. The van der Waals surface area contributed by atoms with Crippen molar-refractivity contribution >= 4 is 11.8 Å². The molecule has 4 nitrogen and oxygen atoms in total. The lowest BCUT2D eigenvalue weighted by molar-refractivity contribution is 0.874. The highest BCUT2D eigenvalue weighted by atomic mass is 32.2. The summed E-state index contributed by atoms with van der Waals surface area (Å²) in [6.07, 6.45) is 3.56. The van der Waals surface area contributed by atoms with Crippen LogP contribution in [-0.2, 0) is 0 Å². The SMILES string of the molecule is Cc1ccccc1-n1c(SC(C)C)nnc1-c1ccncc1. The lowest BCUT2D eigenvalue weighted by Gasteiger charge is -2.13. The summed E-state index contributed by atoms with van der Waals surface area (Å²) >= 11 is 1.72. The number of rotatable bonds is 4. The fraction of sp³-hybridized carbons (Fsp3) is 0.235. The Kier molecular flexibility index (Phi) is 4.24. The van der Waals surface area contributed by atoms with Crippen molar-refractivity contribution in [2.45, 2.75) is 31.2 Å². The van der Waals surface area contributed by atoms with Crippen LogP contribution in [0.3, 0.4) is 0 Å². The van der Waals surface area contributed by atoms with Crippen molar-refractivity contribution in [3.05, 3.63) is 54.4 Å². The van der Waals surface area contributed by atoms with E-state index in [0.717, 1.165) is 22.2 Å². The Balaban J connectivity index is 2.20. The quantitative estimate of drug-likeness (QED) is 0.679. The van der Waals surface area contributed by atoms with Crippen LogP contribution in [0.5, 0.6) is 0 Å². The van der Waals surface area contributed by atoms with E-state index >= 15 is 0 Å². The summed E-state index contributed by atoms with van der Waals surface area (Å²) in [7, 11) is 0. The summed E-state index contributed by atoms with van der Waals surface area (Å²) in [5.74, 6) is 0.847. The molecule has 5 heteroatoms. The number of hydrogen-bond acceptors (Lipinski definition) is 4. The largest absolute Gasteiger partial charge is 0.270 e. The summed E-state index contributed by atoms with van der Waals surface area (Å²) < 4.78 is 2.13. The normalized spacial score (nSPS) is 11.1. The highest BCUT2D eigenvalue weighted by Gasteiger charge is 2.18. The number of aromatic nitrogens is 4. The second kappa shape index (κ2) is 6.32. The second-order valence-corrected chi connectivity index (χ2v) is 6.87. The van der Waals surface area contributed by atoms with Gasteiger partial charge in [-0.2, -0.15) is 0 Å². The lowest BCUT2D eigenvalue weighted by Crippen LogP contribution is -2.03. The van der Waals surface area contributed by atoms with Crippen LogP contribution in [0.2, 0.25) is 0 Å². The molecule has 3 aromatic rings. The van der Waals surface area contributed by atoms with Crippen LogP contribution in [0.15, 0.2) is 53.9 Å². The Morgan fingerprint density at radius 1 is 1.00 bits per heavy atom. The van der Waals surface area contributed by atoms with E-state index in [1.165, 1.54) is 5.56 Å². The van der Waals surface area contributed by atoms with Gasteiger partial charge in [-0.3, -0.25) is 9.55 Å². The summed E-state index contributed by atoms with van der Waals surface area (Å²) in [5.41, 5.74) is 3.33. The Morgan fingerprint density at radius 2 is 1.73 bits per heavy atom. The Hall–Kier alpha value is -2.14. The van der Waals surface area contributed by atoms with Crippen LogP contribution in [-0.4, -0.2) is 25.0 Å². The summed E-state index contributed by atoms with van der Waals surface area (Å²) in [4.78, 5) is 4.08. The van der Waals surface area contributed by atoms with Gasteiger partial charge in [0.1, 0.15) is 0 Å². The maximum atomic E-state index is 4.42. The summed E-state index contributed by atoms with van der Waals surface area (Å²) in [6.45, 7) is 6.43. The van der Waals surface area contributed by atoms with Crippen molar-refractivity contribution < 1.29 is 0 Å².